The van der Waals surface area contributed by atoms with Crippen molar-refractivity contribution in [1.82, 2.24) is 5.32 Å². The third-order valence-corrected chi connectivity index (χ3v) is 3.97. The fraction of sp³-hybridized carbons (Fsp3) is 0.350. The minimum atomic E-state index is -0.491. The maximum Gasteiger partial charge on any atom is 0.276 e. The van der Waals surface area contributed by atoms with E-state index in [1.807, 2.05) is 30.3 Å². The molecule has 0 saturated heterocycles. The quantitative estimate of drug-likeness (QED) is 0.329. The van der Waals surface area contributed by atoms with Gasteiger partial charge in [-0.25, -0.2) is 0 Å². The van der Waals surface area contributed by atoms with Crippen molar-refractivity contribution in [3.05, 3.63) is 58.1 Å². The Balaban J connectivity index is 1.74. The molecule has 0 atom stereocenters. The van der Waals surface area contributed by atoms with Crippen LogP contribution >= 0.6 is 0 Å². The predicted molar refractivity (Wildman–Crippen MR) is 106 cm³/mol. The molecule has 29 heavy (non-hydrogen) atoms. The molecule has 0 aromatic heterocycles. The van der Waals surface area contributed by atoms with E-state index in [-0.39, 0.29) is 43.5 Å². The van der Waals surface area contributed by atoms with E-state index < -0.39 is 4.92 Å². The van der Waals surface area contributed by atoms with Gasteiger partial charge >= 0.3 is 0 Å². The van der Waals surface area contributed by atoms with Crippen LogP contribution in [0, 0.1) is 10.1 Å². The number of nitrogens with zero attached hydrogens (tertiary/aromatic N) is 1. The molecular formula is C20H24N2O7. The summed E-state index contributed by atoms with van der Waals surface area (Å²) in [5, 5.41) is 14.0. The van der Waals surface area contributed by atoms with Gasteiger partial charge in [-0.2, -0.15) is 0 Å². The fourth-order valence-corrected chi connectivity index (χ4v) is 2.57. The molecule has 1 N–H and O–H groups in total. The summed E-state index contributed by atoms with van der Waals surface area (Å²) < 4.78 is 21.0. The molecular weight excluding hydrogens is 380 g/mol. The van der Waals surface area contributed by atoms with E-state index in [1.54, 1.807) is 6.07 Å². The summed E-state index contributed by atoms with van der Waals surface area (Å²) in [6.45, 7) is 0.698. The average Bonchev–Trinajstić information content (AvgIpc) is 2.73. The Hall–Kier alpha value is -3.33. The van der Waals surface area contributed by atoms with E-state index in [4.69, 9.17) is 18.9 Å². The second kappa shape index (κ2) is 11.5. The van der Waals surface area contributed by atoms with Crippen LogP contribution in [0.2, 0.25) is 0 Å². The van der Waals surface area contributed by atoms with E-state index >= 15 is 0 Å². The van der Waals surface area contributed by atoms with Crippen molar-refractivity contribution in [3.63, 3.8) is 0 Å². The molecule has 2 aromatic carbocycles. The highest BCUT2D eigenvalue weighted by Gasteiger charge is 2.19. The summed E-state index contributed by atoms with van der Waals surface area (Å²) in [6, 6.07) is 12.1. The highest BCUT2D eigenvalue weighted by Crippen LogP contribution is 2.34. The zero-order chi connectivity index (χ0) is 21.1. The Morgan fingerprint density at radius 3 is 2.41 bits per heavy atom. The van der Waals surface area contributed by atoms with E-state index in [0.29, 0.717) is 17.9 Å². The van der Waals surface area contributed by atoms with Gasteiger partial charge in [-0.1, -0.05) is 18.2 Å². The summed E-state index contributed by atoms with van der Waals surface area (Å²) in [5.74, 6) is 1.09. The molecule has 0 fully saturated rings. The van der Waals surface area contributed by atoms with Gasteiger partial charge in [-0.3, -0.25) is 14.9 Å². The molecule has 9 heteroatoms. The Kier molecular flexibility index (Phi) is 8.71. The van der Waals surface area contributed by atoms with Crippen LogP contribution in [-0.2, 0) is 16.0 Å². The number of hydrogen-bond donors (Lipinski definition) is 1. The molecule has 0 radical (unpaired) electrons. The number of ether oxygens (including phenoxy) is 4. The summed E-state index contributed by atoms with van der Waals surface area (Å²) in [6.07, 6.45) is 0.263. The molecule has 0 heterocycles. The van der Waals surface area contributed by atoms with Crippen LogP contribution in [0.4, 0.5) is 5.69 Å². The summed E-state index contributed by atoms with van der Waals surface area (Å²) in [7, 11) is 2.86. The number of carbonyl (C=O) groups excluding carboxylic acids is 1. The molecule has 0 unspecified atom stereocenters. The van der Waals surface area contributed by atoms with Crippen LogP contribution in [0.1, 0.15) is 5.56 Å². The molecule has 2 rings (SSSR count). The lowest BCUT2D eigenvalue weighted by atomic mass is 10.1. The normalized spacial score (nSPS) is 10.3. The minimum absolute atomic E-state index is 0.0915. The average molecular weight is 404 g/mol. The van der Waals surface area contributed by atoms with Gasteiger partial charge in [0.15, 0.2) is 11.5 Å². The van der Waals surface area contributed by atoms with E-state index in [9.17, 15) is 14.9 Å². The summed E-state index contributed by atoms with van der Waals surface area (Å²) in [4.78, 5) is 22.6. The van der Waals surface area contributed by atoms with Crippen LogP contribution in [0.15, 0.2) is 42.5 Å². The molecule has 9 nitrogen and oxygen atoms in total. The Morgan fingerprint density at radius 2 is 1.76 bits per heavy atom. The van der Waals surface area contributed by atoms with Crippen molar-refractivity contribution in [3.8, 4) is 17.2 Å². The Morgan fingerprint density at radius 1 is 1.07 bits per heavy atom. The fourth-order valence-electron chi connectivity index (χ4n) is 2.57. The topological polar surface area (TPSA) is 109 Å². The lowest BCUT2D eigenvalue weighted by Gasteiger charge is -2.11. The van der Waals surface area contributed by atoms with Crippen LogP contribution in [0.5, 0.6) is 17.2 Å². The van der Waals surface area contributed by atoms with E-state index in [0.717, 1.165) is 5.75 Å². The number of hydrogen-bond acceptors (Lipinski definition) is 7. The maximum absolute atomic E-state index is 11.9. The number of para-hydroxylation sites is 1. The molecule has 0 spiro atoms. The SMILES string of the molecule is COc1cc(CCNC(=O)COCCOc2ccccc2)c([N+](=O)[O-])cc1OC. The van der Waals surface area contributed by atoms with Gasteiger partial charge in [0.1, 0.15) is 19.0 Å². The molecule has 0 aliphatic heterocycles. The first kappa shape index (κ1) is 22.0. The first-order chi connectivity index (χ1) is 14.0. The summed E-state index contributed by atoms with van der Waals surface area (Å²) in [5.41, 5.74) is 0.344. The van der Waals surface area contributed by atoms with Crippen molar-refractivity contribution in [2.24, 2.45) is 0 Å². The third-order valence-electron chi connectivity index (χ3n) is 3.97. The first-order valence-corrected chi connectivity index (χ1v) is 8.96. The number of nitro groups is 1. The number of rotatable bonds is 12. The van der Waals surface area contributed by atoms with Crippen LogP contribution < -0.4 is 19.5 Å². The molecule has 2 aromatic rings. The largest absolute Gasteiger partial charge is 0.493 e. The first-order valence-electron chi connectivity index (χ1n) is 8.96. The van der Waals surface area contributed by atoms with Crippen molar-refractivity contribution < 1.29 is 28.7 Å². The molecule has 0 aliphatic rings. The lowest BCUT2D eigenvalue weighted by molar-refractivity contribution is -0.385. The molecule has 0 aliphatic carbocycles. The van der Waals surface area contributed by atoms with Gasteiger partial charge in [0.05, 0.1) is 31.8 Å². The zero-order valence-corrected chi connectivity index (χ0v) is 16.4. The number of methoxy groups -OCH3 is 2. The number of nitrogens with one attached hydrogen (secondary N) is 1. The Labute approximate surface area is 168 Å². The van der Waals surface area contributed by atoms with Gasteiger partial charge in [0.2, 0.25) is 5.91 Å². The van der Waals surface area contributed by atoms with Gasteiger partial charge in [0.25, 0.3) is 5.69 Å². The molecule has 0 saturated carbocycles. The smallest absolute Gasteiger partial charge is 0.276 e. The highest BCUT2D eigenvalue weighted by molar-refractivity contribution is 5.77. The lowest BCUT2D eigenvalue weighted by Crippen LogP contribution is -2.30. The van der Waals surface area contributed by atoms with Gasteiger partial charge < -0.3 is 24.3 Å². The highest BCUT2D eigenvalue weighted by atomic mass is 16.6. The molecule has 156 valence electrons. The van der Waals surface area contributed by atoms with Crippen LogP contribution in [-0.4, -0.2) is 51.4 Å². The van der Waals surface area contributed by atoms with Gasteiger partial charge in [-0.15, -0.1) is 0 Å². The number of nitro benzene ring substituents is 1. The van der Waals surface area contributed by atoms with E-state index in [1.165, 1.54) is 20.3 Å². The third kappa shape index (κ3) is 6.96. The van der Waals surface area contributed by atoms with Crippen LogP contribution in [0.25, 0.3) is 0 Å². The summed E-state index contributed by atoms with van der Waals surface area (Å²) >= 11 is 0. The second-order valence-electron chi connectivity index (χ2n) is 5.91. The number of benzene rings is 2. The van der Waals surface area contributed by atoms with Crippen LogP contribution in [0.3, 0.4) is 0 Å². The monoisotopic (exact) mass is 404 g/mol. The maximum atomic E-state index is 11.9. The zero-order valence-electron chi connectivity index (χ0n) is 16.4. The van der Waals surface area contributed by atoms with Crippen molar-refractivity contribution >= 4 is 11.6 Å². The van der Waals surface area contributed by atoms with Gasteiger partial charge in [-0.05, 0) is 24.6 Å². The molecule has 0 bridgehead atoms. The predicted octanol–water partition coefficient (Wildman–Crippen LogP) is 2.37. The number of amides is 1. The molecule has 1 amide bonds. The standard InChI is InChI=1S/C20H24N2O7/c1-26-18-12-15(17(22(24)25)13-19(18)27-2)8-9-21-20(23)14-28-10-11-29-16-6-4-3-5-7-16/h3-7,12-13H,8-11,14H2,1-2H3,(H,21,23). The Bertz CT molecular complexity index is 812. The second-order valence-corrected chi connectivity index (χ2v) is 5.91. The minimum Gasteiger partial charge on any atom is -0.493 e. The van der Waals surface area contributed by atoms with E-state index in [2.05, 4.69) is 5.32 Å². The number of carbonyl (C=O) groups is 1. The van der Waals surface area contributed by atoms with Crippen molar-refractivity contribution in [2.45, 2.75) is 6.42 Å². The van der Waals surface area contributed by atoms with Crippen molar-refractivity contribution in [2.75, 3.05) is 40.6 Å². The van der Waals surface area contributed by atoms with Crippen molar-refractivity contribution in [1.29, 1.82) is 0 Å². The van der Waals surface area contributed by atoms with Gasteiger partial charge in [0, 0.05) is 12.1 Å².